The third kappa shape index (κ3) is 3.37. The van der Waals surface area contributed by atoms with E-state index in [2.05, 4.69) is 17.3 Å². The van der Waals surface area contributed by atoms with Gasteiger partial charge >= 0.3 is 0 Å². The van der Waals surface area contributed by atoms with E-state index in [4.69, 9.17) is 4.74 Å². The van der Waals surface area contributed by atoms with E-state index in [1.54, 1.807) is 19.2 Å². The molecular weight excluding hydrogens is 228 g/mol. The fourth-order valence-electron chi connectivity index (χ4n) is 2.46. The molecule has 1 aliphatic heterocycles. The number of benzene rings is 1. The third-order valence-corrected chi connectivity index (χ3v) is 3.42. The Morgan fingerprint density at radius 2 is 2.33 bits per heavy atom. The summed E-state index contributed by atoms with van der Waals surface area (Å²) in [6.07, 6.45) is 2.51. The van der Waals surface area contributed by atoms with Crippen LogP contribution in [0.2, 0.25) is 0 Å². The highest BCUT2D eigenvalue weighted by Crippen LogP contribution is 2.24. The lowest BCUT2D eigenvalue weighted by atomic mass is 10.1. The van der Waals surface area contributed by atoms with Gasteiger partial charge in [-0.25, -0.2) is 0 Å². The number of phenols is 1. The molecule has 4 heteroatoms. The lowest BCUT2D eigenvalue weighted by Gasteiger charge is -2.21. The van der Waals surface area contributed by atoms with Crippen molar-refractivity contribution < 1.29 is 9.84 Å². The molecule has 1 aromatic rings. The number of nitrogens with one attached hydrogen (secondary N) is 1. The van der Waals surface area contributed by atoms with E-state index in [1.807, 2.05) is 6.07 Å². The van der Waals surface area contributed by atoms with Gasteiger partial charge in [0.05, 0.1) is 7.11 Å². The summed E-state index contributed by atoms with van der Waals surface area (Å²) >= 11 is 0. The highest BCUT2D eigenvalue weighted by molar-refractivity contribution is 5.39. The van der Waals surface area contributed by atoms with E-state index in [1.165, 1.54) is 12.8 Å². The molecule has 1 heterocycles. The van der Waals surface area contributed by atoms with Gasteiger partial charge in [-0.3, -0.25) is 0 Å². The Hall–Kier alpha value is -1.26. The summed E-state index contributed by atoms with van der Waals surface area (Å²) in [6, 6.07) is 5.95. The number of rotatable bonds is 5. The van der Waals surface area contributed by atoms with Gasteiger partial charge in [-0.15, -0.1) is 0 Å². The van der Waals surface area contributed by atoms with Crippen LogP contribution in [0.4, 0.5) is 0 Å². The molecule has 1 aromatic carbocycles. The molecule has 0 saturated carbocycles. The second-order valence-electron chi connectivity index (χ2n) is 4.98. The Labute approximate surface area is 109 Å². The second kappa shape index (κ2) is 6.07. The molecule has 0 amide bonds. The van der Waals surface area contributed by atoms with Gasteiger partial charge in [-0.1, -0.05) is 0 Å². The van der Waals surface area contributed by atoms with Crippen molar-refractivity contribution in [3.63, 3.8) is 0 Å². The molecule has 0 aliphatic carbocycles. The van der Waals surface area contributed by atoms with Gasteiger partial charge in [0.15, 0.2) is 0 Å². The standard InChI is InChI=1S/C14H22N2O2/c1-16(10-12-4-3-7-15-12)9-11-8-13(18-2)5-6-14(11)17/h5-6,8,12,15,17H,3-4,7,9-10H2,1-2H3. The first-order chi connectivity index (χ1) is 8.69. The predicted octanol–water partition coefficient (Wildman–Crippen LogP) is 1.58. The SMILES string of the molecule is COc1ccc(O)c(CN(C)CC2CCCN2)c1. The first-order valence-electron chi connectivity index (χ1n) is 6.47. The highest BCUT2D eigenvalue weighted by atomic mass is 16.5. The molecule has 18 heavy (non-hydrogen) atoms. The fourth-order valence-corrected chi connectivity index (χ4v) is 2.46. The fraction of sp³-hybridized carbons (Fsp3) is 0.571. The molecule has 2 rings (SSSR count). The molecule has 2 N–H and O–H groups in total. The van der Waals surface area contributed by atoms with Gasteiger partial charge in [-0.2, -0.15) is 0 Å². The molecule has 1 unspecified atom stereocenters. The normalized spacial score (nSPS) is 19.4. The molecule has 1 fully saturated rings. The number of aromatic hydroxyl groups is 1. The molecule has 100 valence electrons. The summed E-state index contributed by atoms with van der Waals surface area (Å²) in [4.78, 5) is 2.23. The summed E-state index contributed by atoms with van der Waals surface area (Å²) in [7, 11) is 3.72. The number of likely N-dealkylation sites (N-methyl/N-ethyl adjacent to an activating group) is 1. The third-order valence-electron chi connectivity index (χ3n) is 3.42. The molecule has 0 spiro atoms. The van der Waals surface area contributed by atoms with Crippen LogP contribution in [0.5, 0.6) is 11.5 Å². The zero-order chi connectivity index (χ0) is 13.0. The number of hydrogen-bond acceptors (Lipinski definition) is 4. The maximum atomic E-state index is 9.84. The first-order valence-corrected chi connectivity index (χ1v) is 6.47. The Morgan fingerprint density at radius 1 is 1.50 bits per heavy atom. The van der Waals surface area contributed by atoms with E-state index in [0.717, 1.165) is 30.9 Å². The molecule has 1 saturated heterocycles. The van der Waals surface area contributed by atoms with Crippen molar-refractivity contribution in [2.24, 2.45) is 0 Å². The summed E-state index contributed by atoms with van der Waals surface area (Å²) in [5.74, 6) is 1.12. The number of phenolic OH excluding ortho intramolecular Hbond substituents is 1. The molecule has 1 aliphatic rings. The van der Waals surface area contributed by atoms with Crippen molar-refractivity contribution >= 4 is 0 Å². The Bertz CT molecular complexity index is 389. The molecular formula is C14H22N2O2. The van der Waals surface area contributed by atoms with Crippen molar-refractivity contribution in [3.8, 4) is 11.5 Å². The van der Waals surface area contributed by atoms with E-state index in [-0.39, 0.29) is 0 Å². The predicted molar refractivity (Wildman–Crippen MR) is 72.0 cm³/mol. The van der Waals surface area contributed by atoms with Crippen molar-refractivity contribution in [1.82, 2.24) is 10.2 Å². The maximum Gasteiger partial charge on any atom is 0.120 e. The minimum absolute atomic E-state index is 0.335. The molecule has 0 aromatic heterocycles. The maximum absolute atomic E-state index is 9.84. The monoisotopic (exact) mass is 250 g/mol. The van der Waals surface area contributed by atoms with Gasteiger partial charge in [-0.05, 0) is 44.6 Å². The minimum Gasteiger partial charge on any atom is -0.508 e. The van der Waals surface area contributed by atoms with Crippen LogP contribution in [-0.2, 0) is 6.54 Å². The number of methoxy groups -OCH3 is 1. The van der Waals surface area contributed by atoms with Crippen LogP contribution in [0.25, 0.3) is 0 Å². The summed E-state index contributed by atoms with van der Waals surface area (Å²) in [6.45, 7) is 2.88. The van der Waals surface area contributed by atoms with E-state index >= 15 is 0 Å². The summed E-state index contributed by atoms with van der Waals surface area (Å²) in [5, 5.41) is 13.3. The molecule has 1 atom stereocenters. The Kier molecular flexibility index (Phi) is 4.44. The van der Waals surface area contributed by atoms with Crippen molar-refractivity contribution in [2.75, 3.05) is 27.2 Å². The van der Waals surface area contributed by atoms with Gasteiger partial charge in [0.25, 0.3) is 0 Å². The highest BCUT2D eigenvalue weighted by Gasteiger charge is 2.16. The largest absolute Gasteiger partial charge is 0.508 e. The quantitative estimate of drug-likeness (QED) is 0.833. The smallest absolute Gasteiger partial charge is 0.120 e. The van der Waals surface area contributed by atoms with Crippen LogP contribution in [-0.4, -0.2) is 43.3 Å². The topological polar surface area (TPSA) is 44.7 Å². The van der Waals surface area contributed by atoms with E-state index < -0.39 is 0 Å². The molecule has 0 bridgehead atoms. The second-order valence-corrected chi connectivity index (χ2v) is 4.98. The van der Waals surface area contributed by atoms with Crippen LogP contribution in [0.3, 0.4) is 0 Å². The zero-order valence-electron chi connectivity index (χ0n) is 11.1. The number of hydrogen-bond donors (Lipinski definition) is 2. The zero-order valence-corrected chi connectivity index (χ0v) is 11.1. The average Bonchev–Trinajstić information content (AvgIpc) is 2.84. The average molecular weight is 250 g/mol. The van der Waals surface area contributed by atoms with E-state index in [9.17, 15) is 5.11 Å². The summed E-state index contributed by atoms with van der Waals surface area (Å²) < 4.78 is 5.18. The minimum atomic E-state index is 0.335. The van der Waals surface area contributed by atoms with Gasteiger partial charge < -0.3 is 20.1 Å². The van der Waals surface area contributed by atoms with E-state index in [0.29, 0.717) is 11.8 Å². The molecule has 4 nitrogen and oxygen atoms in total. The summed E-state index contributed by atoms with van der Waals surface area (Å²) in [5.41, 5.74) is 0.912. The lowest BCUT2D eigenvalue weighted by molar-refractivity contribution is 0.288. The van der Waals surface area contributed by atoms with Crippen LogP contribution >= 0.6 is 0 Å². The van der Waals surface area contributed by atoms with Crippen LogP contribution in [0.15, 0.2) is 18.2 Å². The van der Waals surface area contributed by atoms with Crippen molar-refractivity contribution in [2.45, 2.75) is 25.4 Å². The lowest BCUT2D eigenvalue weighted by Crippen LogP contribution is -2.34. The van der Waals surface area contributed by atoms with Gasteiger partial charge in [0.1, 0.15) is 11.5 Å². The molecule has 0 radical (unpaired) electrons. The van der Waals surface area contributed by atoms with Crippen molar-refractivity contribution in [3.05, 3.63) is 23.8 Å². The van der Waals surface area contributed by atoms with Crippen LogP contribution < -0.4 is 10.1 Å². The Morgan fingerprint density at radius 3 is 3.00 bits per heavy atom. The Balaban J connectivity index is 1.94. The van der Waals surface area contributed by atoms with Crippen LogP contribution in [0.1, 0.15) is 18.4 Å². The first kappa shape index (κ1) is 13.2. The van der Waals surface area contributed by atoms with Crippen molar-refractivity contribution in [1.29, 1.82) is 0 Å². The number of nitrogens with zero attached hydrogens (tertiary/aromatic N) is 1. The van der Waals surface area contributed by atoms with Gasteiger partial charge in [0, 0.05) is 24.7 Å². The number of ether oxygens (including phenoxy) is 1. The van der Waals surface area contributed by atoms with Crippen LogP contribution in [0, 0.1) is 0 Å². The van der Waals surface area contributed by atoms with Gasteiger partial charge in [0.2, 0.25) is 0 Å².